The number of aliphatic hydroxyl groups is 1. The van der Waals surface area contributed by atoms with Crippen LogP contribution in [-0.4, -0.2) is 42.2 Å². The molecule has 0 aliphatic carbocycles. The van der Waals surface area contributed by atoms with Crippen LogP contribution in [0.15, 0.2) is 72.8 Å². The van der Waals surface area contributed by atoms with Crippen molar-refractivity contribution < 1.29 is 45.7 Å². The Morgan fingerprint density at radius 1 is 0.750 bits per heavy atom. The fourth-order valence-electron chi connectivity index (χ4n) is 4.99. The van der Waals surface area contributed by atoms with Crippen LogP contribution in [0.5, 0.6) is 5.75 Å². The highest BCUT2D eigenvalue weighted by molar-refractivity contribution is 5.94. The van der Waals surface area contributed by atoms with Crippen molar-refractivity contribution in [2.45, 2.75) is 36.4 Å². The predicted molar refractivity (Wildman–Crippen MR) is 131 cm³/mol. The molecule has 0 saturated carbocycles. The molecule has 3 aromatic rings. The van der Waals surface area contributed by atoms with Crippen molar-refractivity contribution in [2.24, 2.45) is 0 Å². The average molecular weight is 566 g/mol. The maximum Gasteiger partial charge on any atom is 0.416 e. The van der Waals surface area contributed by atoms with Crippen LogP contribution in [0.3, 0.4) is 0 Å². The number of hydrogen-bond acceptors (Lipinski definition) is 4. The van der Waals surface area contributed by atoms with Gasteiger partial charge >= 0.3 is 12.4 Å². The summed E-state index contributed by atoms with van der Waals surface area (Å²) >= 11 is 0. The van der Waals surface area contributed by atoms with E-state index in [-0.39, 0.29) is 50.8 Å². The molecule has 11 heteroatoms. The quantitative estimate of drug-likeness (QED) is 0.377. The Balaban J connectivity index is 1.36. The zero-order valence-electron chi connectivity index (χ0n) is 21.1. The monoisotopic (exact) mass is 565 g/mol. The summed E-state index contributed by atoms with van der Waals surface area (Å²) in [7, 11) is 0. The number of hydrogen-bond donors (Lipinski definition) is 1. The van der Waals surface area contributed by atoms with Gasteiger partial charge in [-0.2, -0.15) is 26.3 Å². The van der Waals surface area contributed by atoms with Crippen LogP contribution in [-0.2, 0) is 28.3 Å². The first kappa shape index (κ1) is 28.0. The molecule has 0 atom stereocenters. The Hall–Kier alpha value is -3.57. The SMILES string of the molecule is O=C(c1ccc(C2(O)COC2)cc1)N1CCC(Oc2ccc(C(F)(F)F)cc2)(c2ccc(C(F)(F)F)cc2)CC1. The fraction of sp³-hybridized carbons (Fsp3) is 0.345. The zero-order valence-corrected chi connectivity index (χ0v) is 21.1. The van der Waals surface area contributed by atoms with Crippen LogP contribution in [0.2, 0.25) is 0 Å². The summed E-state index contributed by atoms with van der Waals surface area (Å²) < 4.78 is 89.8. The molecular formula is C29H25F6NO4. The van der Waals surface area contributed by atoms with E-state index in [1.165, 1.54) is 24.3 Å². The lowest BCUT2D eigenvalue weighted by atomic mass is 9.83. The molecule has 1 N–H and O–H groups in total. The molecule has 2 aliphatic heterocycles. The summed E-state index contributed by atoms with van der Waals surface area (Å²) in [6.45, 7) is 0.745. The molecule has 5 rings (SSSR count). The molecule has 2 saturated heterocycles. The third-order valence-electron chi connectivity index (χ3n) is 7.44. The Labute approximate surface area is 225 Å². The van der Waals surface area contributed by atoms with Crippen LogP contribution in [0.1, 0.15) is 45.5 Å². The standard InChI is InChI=1S/C29H25F6NO4/c30-28(31,32)22-7-5-21(6-8-22)27(40-24-11-9-23(10-12-24)29(33,34)35)13-15-36(16-14-27)25(37)19-1-3-20(4-2-19)26(38)17-39-18-26/h1-12,38H,13-18H2. The average Bonchev–Trinajstić information content (AvgIpc) is 2.91. The number of ether oxygens (including phenoxy) is 2. The number of amides is 1. The number of carbonyl (C=O) groups is 1. The van der Waals surface area contributed by atoms with Gasteiger partial charge in [0.2, 0.25) is 0 Å². The first-order valence-electron chi connectivity index (χ1n) is 12.5. The van der Waals surface area contributed by atoms with Crippen LogP contribution in [0.25, 0.3) is 0 Å². The number of piperidine rings is 1. The number of alkyl halides is 6. The number of likely N-dealkylation sites (tertiary alicyclic amines) is 1. The van der Waals surface area contributed by atoms with E-state index in [9.17, 15) is 36.2 Å². The summed E-state index contributed by atoms with van der Waals surface area (Å²) in [6, 6.07) is 15.2. The van der Waals surface area contributed by atoms with Crippen LogP contribution in [0.4, 0.5) is 26.3 Å². The molecule has 0 spiro atoms. The van der Waals surface area contributed by atoms with Gasteiger partial charge in [-0.15, -0.1) is 0 Å². The molecule has 5 nitrogen and oxygen atoms in total. The van der Waals surface area contributed by atoms with Gasteiger partial charge in [-0.1, -0.05) is 24.3 Å². The number of benzene rings is 3. The Bertz CT molecular complexity index is 1340. The van der Waals surface area contributed by atoms with E-state index in [0.29, 0.717) is 16.7 Å². The van der Waals surface area contributed by atoms with E-state index >= 15 is 0 Å². The highest BCUT2D eigenvalue weighted by atomic mass is 19.4. The summed E-state index contributed by atoms with van der Waals surface area (Å²) in [5.74, 6) is -0.139. The molecule has 0 bridgehead atoms. The summed E-state index contributed by atoms with van der Waals surface area (Å²) in [5, 5.41) is 10.4. The van der Waals surface area contributed by atoms with Gasteiger partial charge in [0.05, 0.1) is 24.3 Å². The molecule has 2 aliphatic rings. The van der Waals surface area contributed by atoms with E-state index in [4.69, 9.17) is 9.47 Å². The van der Waals surface area contributed by atoms with E-state index in [1.54, 1.807) is 29.2 Å². The van der Waals surface area contributed by atoms with Crippen LogP contribution < -0.4 is 4.74 Å². The lowest BCUT2D eigenvalue weighted by molar-refractivity contribution is -0.184. The number of rotatable bonds is 5. The van der Waals surface area contributed by atoms with Gasteiger partial charge in [0.25, 0.3) is 5.91 Å². The maximum atomic E-state index is 13.2. The Morgan fingerprint density at radius 3 is 1.68 bits per heavy atom. The second-order valence-electron chi connectivity index (χ2n) is 10.1. The predicted octanol–water partition coefficient (Wildman–Crippen LogP) is 6.15. The molecule has 2 fully saturated rings. The first-order valence-corrected chi connectivity index (χ1v) is 12.5. The van der Waals surface area contributed by atoms with E-state index in [1.807, 2.05) is 0 Å². The topological polar surface area (TPSA) is 59.0 Å². The fourth-order valence-corrected chi connectivity index (χ4v) is 4.99. The Kier molecular flexibility index (Phi) is 7.08. The summed E-state index contributed by atoms with van der Waals surface area (Å²) in [6.07, 6.45) is -8.68. The van der Waals surface area contributed by atoms with Crippen molar-refractivity contribution in [2.75, 3.05) is 26.3 Å². The normalized spacial score (nSPS) is 18.6. The van der Waals surface area contributed by atoms with Crippen molar-refractivity contribution >= 4 is 5.91 Å². The van der Waals surface area contributed by atoms with Crippen molar-refractivity contribution in [3.63, 3.8) is 0 Å². The van der Waals surface area contributed by atoms with Gasteiger partial charge in [-0.05, 0) is 59.7 Å². The molecule has 2 heterocycles. The summed E-state index contributed by atoms with van der Waals surface area (Å²) in [5.41, 5.74) is -2.46. The zero-order chi connectivity index (χ0) is 28.8. The highest BCUT2D eigenvalue weighted by Gasteiger charge is 2.42. The Morgan fingerprint density at radius 2 is 1.23 bits per heavy atom. The van der Waals surface area contributed by atoms with Gasteiger partial charge in [0, 0.05) is 31.5 Å². The van der Waals surface area contributed by atoms with Crippen molar-refractivity contribution in [1.29, 1.82) is 0 Å². The largest absolute Gasteiger partial charge is 0.482 e. The lowest BCUT2D eigenvalue weighted by Crippen LogP contribution is -2.48. The van der Waals surface area contributed by atoms with Crippen molar-refractivity contribution in [3.8, 4) is 5.75 Å². The number of halogens is 6. The van der Waals surface area contributed by atoms with Crippen LogP contribution >= 0.6 is 0 Å². The second kappa shape index (κ2) is 10.1. The first-order chi connectivity index (χ1) is 18.8. The number of nitrogens with zero attached hydrogens (tertiary/aromatic N) is 1. The van der Waals surface area contributed by atoms with Gasteiger partial charge in [0.1, 0.15) is 17.0 Å². The van der Waals surface area contributed by atoms with Gasteiger partial charge in [0.15, 0.2) is 0 Å². The van der Waals surface area contributed by atoms with Crippen molar-refractivity contribution in [3.05, 3.63) is 101 Å². The van der Waals surface area contributed by atoms with Gasteiger partial charge in [-0.25, -0.2) is 0 Å². The third kappa shape index (κ3) is 5.53. The smallest absolute Gasteiger partial charge is 0.416 e. The second-order valence-corrected chi connectivity index (χ2v) is 10.1. The molecule has 0 aromatic heterocycles. The van der Waals surface area contributed by atoms with Crippen molar-refractivity contribution in [1.82, 2.24) is 4.90 Å². The molecule has 212 valence electrons. The number of carbonyl (C=O) groups excluding carboxylic acids is 1. The summed E-state index contributed by atoms with van der Waals surface area (Å²) in [4.78, 5) is 14.8. The highest BCUT2D eigenvalue weighted by Crippen LogP contribution is 2.41. The van der Waals surface area contributed by atoms with Gasteiger partial charge < -0.3 is 19.5 Å². The molecular weight excluding hydrogens is 540 g/mol. The van der Waals surface area contributed by atoms with E-state index < -0.39 is 34.7 Å². The minimum Gasteiger partial charge on any atom is -0.482 e. The third-order valence-corrected chi connectivity index (χ3v) is 7.44. The molecule has 0 unspecified atom stereocenters. The minimum absolute atomic E-state index is 0.126. The van der Waals surface area contributed by atoms with Crippen LogP contribution in [0, 0.1) is 0 Å². The van der Waals surface area contributed by atoms with E-state index in [0.717, 1.165) is 24.3 Å². The lowest BCUT2D eigenvalue weighted by Gasteiger charge is -2.42. The minimum atomic E-state index is -4.54. The molecule has 0 radical (unpaired) electrons. The molecule has 3 aromatic carbocycles. The van der Waals surface area contributed by atoms with Gasteiger partial charge in [-0.3, -0.25) is 4.79 Å². The van der Waals surface area contributed by atoms with E-state index in [2.05, 4.69) is 0 Å². The molecule has 1 amide bonds. The maximum absolute atomic E-state index is 13.2. The molecule has 40 heavy (non-hydrogen) atoms.